The zero-order valence-corrected chi connectivity index (χ0v) is 16.2. The number of rotatable bonds is 8. The van der Waals surface area contributed by atoms with Crippen LogP contribution in [0.4, 0.5) is 11.4 Å². The maximum absolute atomic E-state index is 12.5. The molecule has 136 valence electrons. The van der Waals surface area contributed by atoms with Gasteiger partial charge in [0.2, 0.25) is 10.0 Å². The quantitative estimate of drug-likeness (QED) is 0.692. The van der Waals surface area contributed by atoms with E-state index in [-0.39, 0.29) is 16.3 Å². The highest BCUT2D eigenvalue weighted by molar-refractivity contribution is 7.92. The molecule has 0 saturated carbocycles. The van der Waals surface area contributed by atoms with Crippen molar-refractivity contribution in [3.05, 3.63) is 39.5 Å². The summed E-state index contributed by atoms with van der Waals surface area (Å²) < 4.78 is 31.6. The van der Waals surface area contributed by atoms with Crippen molar-refractivity contribution < 1.29 is 17.9 Å². The number of anilines is 2. The van der Waals surface area contributed by atoms with E-state index >= 15 is 0 Å². The van der Waals surface area contributed by atoms with Gasteiger partial charge in [0.05, 0.1) is 23.6 Å². The number of carbonyl (C=O) groups is 1. The fraction of sp³-hybridized carbons (Fsp3) is 0.312. The van der Waals surface area contributed by atoms with Crippen LogP contribution in [0.2, 0.25) is 5.02 Å². The monoisotopic (exact) mass is 402 g/mol. The standard InChI is InChI=1S/C16H19ClN2O4S2/c1-3-4-9-25(21,22)19-13-7-8-24-15(13)16(20)18-11-5-6-14(23-2)12(17)10-11/h5-8,10,19H,3-4,9H2,1-2H3,(H,18,20). The molecule has 0 unspecified atom stereocenters. The number of unbranched alkanes of at least 4 members (excludes halogenated alkanes) is 1. The van der Waals surface area contributed by atoms with Crippen LogP contribution in [0.3, 0.4) is 0 Å². The third kappa shape index (κ3) is 5.35. The van der Waals surface area contributed by atoms with E-state index in [1.54, 1.807) is 29.6 Å². The van der Waals surface area contributed by atoms with Crippen LogP contribution in [0, 0.1) is 0 Å². The van der Waals surface area contributed by atoms with Crippen molar-refractivity contribution in [2.24, 2.45) is 0 Å². The minimum atomic E-state index is -3.47. The molecule has 6 nitrogen and oxygen atoms in total. The zero-order chi connectivity index (χ0) is 18.4. The van der Waals surface area contributed by atoms with Crippen molar-refractivity contribution in [1.29, 1.82) is 0 Å². The Hall–Kier alpha value is -1.77. The van der Waals surface area contributed by atoms with Crippen LogP contribution >= 0.6 is 22.9 Å². The van der Waals surface area contributed by atoms with Gasteiger partial charge in [-0.05, 0) is 36.1 Å². The van der Waals surface area contributed by atoms with Crippen molar-refractivity contribution in [3.8, 4) is 5.75 Å². The minimum Gasteiger partial charge on any atom is -0.495 e. The number of methoxy groups -OCH3 is 1. The van der Waals surface area contributed by atoms with Gasteiger partial charge in [-0.25, -0.2) is 8.42 Å². The molecule has 1 amide bonds. The summed E-state index contributed by atoms with van der Waals surface area (Å²) in [4.78, 5) is 12.7. The average molecular weight is 403 g/mol. The molecule has 2 N–H and O–H groups in total. The largest absolute Gasteiger partial charge is 0.495 e. The smallest absolute Gasteiger partial charge is 0.267 e. The Kier molecular flexibility index (Phi) is 6.69. The van der Waals surface area contributed by atoms with Gasteiger partial charge >= 0.3 is 0 Å². The van der Waals surface area contributed by atoms with Crippen molar-refractivity contribution in [2.45, 2.75) is 19.8 Å². The Bertz CT molecular complexity index is 850. The lowest BCUT2D eigenvalue weighted by Crippen LogP contribution is -2.19. The van der Waals surface area contributed by atoms with Gasteiger partial charge in [-0.1, -0.05) is 24.9 Å². The number of ether oxygens (including phenoxy) is 1. The molecule has 1 aromatic carbocycles. The molecule has 1 heterocycles. The summed E-state index contributed by atoms with van der Waals surface area (Å²) in [5, 5.41) is 4.73. The molecule has 2 rings (SSSR count). The Morgan fingerprint density at radius 3 is 2.72 bits per heavy atom. The molecule has 0 fully saturated rings. The van der Waals surface area contributed by atoms with Gasteiger partial charge in [-0.15, -0.1) is 11.3 Å². The maximum Gasteiger partial charge on any atom is 0.267 e. The number of halogens is 1. The fourth-order valence-electron chi connectivity index (χ4n) is 2.05. The van der Waals surface area contributed by atoms with E-state index in [9.17, 15) is 13.2 Å². The number of benzene rings is 1. The first-order valence-electron chi connectivity index (χ1n) is 7.59. The predicted molar refractivity (Wildman–Crippen MR) is 103 cm³/mol. The third-order valence-electron chi connectivity index (χ3n) is 3.31. The Morgan fingerprint density at radius 2 is 2.08 bits per heavy atom. The summed E-state index contributed by atoms with van der Waals surface area (Å²) in [5.41, 5.74) is 0.766. The molecular formula is C16H19ClN2O4S2. The summed E-state index contributed by atoms with van der Waals surface area (Å²) >= 11 is 7.20. The Balaban J connectivity index is 2.13. The maximum atomic E-state index is 12.5. The molecule has 1 aromatic heterocycles. The van der Waals surface area contributed by atoms with Gasteiger partial charge < -0.3 is 10.1 Å². The van der Waals surface area contributed by atoms with E-state index in [1.807, 2.05) is 6.92 Å². The summed E-state index contributed by atoms with van der Waals surface area (Å²) in [6.45, 7) is 1.92. The first-order valence-corrected chi connectivity index (χ1v) is 10.5. The van der Waals surface area contributed by atoms with Gasteiger partial charge in [0.1, 0.15) is 10.6 Å². The Labute approximate surface area is 156 Å². The second-order valence-corrected chi connectivity index (χ2v) is 8.41. The zero-order valence-electron chi connectivity index (χ0n) is 13.8. The number of hydrogen-bond acceptors (Lipinski definition) is 5. The SMILES string of the molecule is CCCCS(=O)(=O)Nc1ccsc1C(=O)Nc1ccc(OC)c(Cl)c1. The predicted octanol–water partition coefficient (Wildman–Crippen LogP) is 4.20. The van der Waals surface area contributed by atoms with E-state index in [0.717, 1.165) is 17.8 Å². The summed E-state index contributed by atoms with van der Waals surface area (Å²) in [5.74, 6) is 0.110. The van der Waals surface area contributed by atoms with Crippen LogP contribution < -0.4 is 14.8 Å². The van der Waals surface area contributed by atoms with Crippen LogP contribution in [0.5, 0.6) is 5.75 Å². The van der Waals surface area contributed by atoms with E-state index in [1.165, 1.54) is 7.11 Å². The first kappa shape index (κ1) is 19.6. The van der Waals surface area contributed by atoms with Crippen LogP contribution in [0.25, 0.3) is 0 Å². The molecule has 2 aromatic rings. The number of carbonyl (C=O) groups excluding carboxylic acids is 1. The first-order chi connectivity index (χ1) is 11.9. The number of hydrogen-bond donors (Lipinski definition) is 2. The molecule has 0 atom stereocenters. The second-order valence-electron chi connectivity index (χ2n) is 5.24. The van der Waals surface area contributed by atoms with Gasteiger partial charge in [-0.2, -0.15) is 0 Å². The van der Waals surface area contributed by atoms with E-state index < -0.39 is 15.9 Å². The molecule has 0 aliphatic rings. The number of amides is 1. The molecule has 0 radical (unpaired) electrons. The van der Waals surface area contributed by atoms with Crippen LogP contribution in [0.1, 0.15) is 29.4 Å². The van der Waals surface area contributed by atoms with Gasteiger partial charge in [0, 0.05) is 5.69 Å². The molecule has 0 bridgehead atoms. The lowest BCUT2D eigenvalue weighted by molar-refractivity contribution is 0.103. The molecule has 25 heavy (non-hydrogen) atoms. The highest BCUT2D eigenvalue weighted by Gasteiger charge is 2.18. The molecular weight excluding hydrogens is 384 g/mol. The number of thiophene rings is 1. The Morgan fingerprint density at radius 1 is 1.32 bits per heavy atom. The number of sulfonamides is 1. The molecule has 9 heteroatoms. The highest BCUT2D eigenvalue weighted by Crippen LogP contribution is 2.29. The lowest BCUT2D eigenvalue weighted by Gasteiger charge is -2.10. The van der Waals surface area contributed by atoms with E-state index in [4.69, 9.17) is 16.3 Å². The minimum absolute atomic E-state index is 0.0223. The summed E-state index contributed by atoms with van der Waals surface area (Å²) in [6, 6.07) is 6.43. The topological polar surface area (TPSA) is 84.5 Å². The average Bonchev–Trinajstić information content (AvgIpc) is 3.00. The van der Waals surface area contributed by atoms with Crippen molar-refractivity contribution in [3.63, 3.8) is 0 Å². The van der Waals surface area contributed by atoms with E-state index in [0.29, 0.717) is 22.9 Å². The summed E-state index contributed by atoms with van der Waals surface area (Å²) in [6.07, 6.45) is 1.33. The van der Waals surface area contributed by atoms with Gasteiger partial charge in [0.25, 0.3) is 5.91 Å². The van der Waals surface area contributed by atoms with Crippen molar-refractivity contribution >= 4 is 50.2 Å². The van der Waals surface area contributed by atoms with Crippen molar-refractivity contribution in [2.75, 3.05) is 22.9 Å². The van der Waals surface area contributed by atoms with Crippen molar-refractivity contribution in [1.82, 2.24) is 0 Å². The highest BCUT2D eigenvalue weighted by atomic mass is 35.5. The van der Waals surface area contributed by atoms with Crippen LogP contribution in [0.15, 0.2) is 29.6 Å². The number of nitrogens with one attached hydrogen (secondary N) is 2. The van der Waals surface area contributed by atoms with Gasteiger partial charge in [-0.3, -0.25) is 9.52 Å². The van der Waals surface area contributed by atoms with Crippen LogP contribution in [-0.4, -0.2) is 27.2 Å². The summed E-state index contributed by atoms with van der Waals surface area (Å²) in [7, 11) is -1.97. The third-order valence-corrected chi connectivity index (χ3v) is 5.88. The van der Waals surface area contributed by atoms with Crippen LogP contribution in [-0.2, 0) is 10.0 Å². The normalized spacial score (nSPS) is 11.2. The second kappa shape index (κ2) is 8.55. The van der Waals surface area contributed by atoms with E-state index in [2.05, 4.69) is 10.0 Å². The molecule has 0 aliphatic carbocycles. The lowest BCUT2D eigenvalue weighted by atomic mass is 10.3. The molecule has 0 spiro atoms. The van der Waals surface area contributed by atoms with Gasteiger partial charge in [0.15, 0.2) is 0 Å². The fourth-order valence-corrected chi connectivity index (χ4v) is 4.39. The molecule has 0 saturated heterocycles. The molecule has 0 aliphatic heterocycles.